The van der Waals surface area contributed by atoms with Crippen LogP contribution >= 0.6 is 11.6 Å². The van der Waals surface area contributed by atoms with Crippen molar-refractivity contribution in [1.82, 2.24) is 15.2 Å². The highest BCUT2D eigenvalue weighted by Gasteiger charge is 2.56. The number of alkyl halides is 2. The summed E-state index contributed by atoms with van der Waals surface area (Å²) in [6.07, 6.45) is 0.682. The Labute approximate surface area is 197 Å². The third-order valence-corrected chi connectivity index (χ3v) is 7.32. The Bertz CT molecular complexity index is 1280. The van der Waals surface area contributed by atoms with E-state index in [9.17, 15) is 35.6 Å². The number of halogens is 5. The molecule has 2 aromatic rings. The maximum absolute atomic E-state index is 14.2. The van der Waals surface area contributed by atoms with Crippen molar-refractivity contribution in [3.8, 4) is 0 Å². The molecular weight excluding hydrogens is 502 g/mol. The van der Waals surface area contributed by atoms with E-state index in [-0.39, 0.29) is 28.8 Å². The summed E-state index contributed by atoms with van der Waals surface area (Å²) in [4.78, 5) is 30.9. The summed E-state index contributed by atoms with van der Waals surface area (Å²) in [6.45, 7) is 0. The Morgan fingerprint density at radius 2 is 1.85 bits per heavy atom. The number of hydrogen-bond acceptors (Lipinski definition) is 5. The maximum atomic E-state index is 14.2. The van der Waals surface area contributed by atoms with Crippen LogP contribution < -0.4 is 5.32 Å². The number of pyridine rings is 1. The van der Waals surface area contributed by atoms with Crippen molar-refractivity contribution in [3.05, 3.63) is 58.4 Å². The van der Waals surface area contributed by atoms with Crippen LogP contribution in [0.3, 0.4) is 0 Å². The number of carbonyl (C=O) groups is 2. The first-order chi connectivity index (χ1) is 15.9. The van der Waals surface area contributed by atoms with Crippen molar-refractivity contribution in [3.63, 3.8) is 0 Å². The Kier molecular flexibility index (Phi) is 6.32. The van der Waals surface area contributed by atoms with Gasteiger partial charge >= 0.3 is 0 Å². The second-order valence-electron chi connectivity index (χ2n) is 8.32. The average Bonchev–Trinajstić information content (AvgIpc) is 3.43. The van der Waals surface area contributed by atoms with Gasteiger partial charge in [0.15, 0.2) is 9.84 Å². The highest BCUT2D eigenvalue weighted by Crippen LogP contribution is 2.48. The van der Waals surface area contributed by atoms with Gasteiger partial charge in [-0.15, -0.1) is 0 Å². The second kappa shape index (κ2) is 8.81. The molecule has 13 heteroatoms. The van der Waals surface area contributed by atoms with Gasteiger partial charge in [0.1, 0.15) is 23.7 Å². The van der Waals surface area contributed by atoms with E-state index < -0.39 is 62.4 Å². The van der Waals surface area contributed by atoms with E-state index in [2.05, 4.69) is 4.98 Å². The van der Waals surface area contributed by atoms with Gasteiger partial charge in [-0.1, -0.05) is 11.6 Å². The van der Waals surface area contributed by atoms with Gasteiger partial charge in [-0.25, -0.2) is 26.0 Å². The molecule has 1 unspecified atom stereocenters. The van der Waals surface area contributed by atoms with Gasteiger partial charge in [-0.3, -0.25) is 14.6 Å². The van der Waals surface area contributed by atoms with E-state index in [0.29, 0.717) is 18.6 Å². The maximum Gasteiger partial charge on any atom is 0.262 e. The first-order valence-corrected chi connectivity index (χ1v) is 12.4. The molecular formula is C21H18ClF4N3O4S. The monoisotopic (exact) mass is 519 g/mol. The van der Waals surface area contributed by atoms with E-state index in [1.54, 1.807) is 0 Å². The lowest BCUT2D eigenvalue weighted by atomic mass is 10.0. The van der Waals surface area contributed by atoms with E-state index in [1.165, 1.54) is 4.90 Å². The predicted molar refractivity (Wildman–Crippen MR) is 112 cm³/mol. The topological polar surface area (TPSA) is 96.4 Å². The minimum atomic E-state index is -3.65. The number of aromatic nitrogens is 1. The van der Waals surface area contributed by atoms with E-state index in [0.717, 1.165) is 24.7 Å². The van der Waals surface area contributed by atoms with Gasteiger partial charge in [0, 0.05) is 30.3 Å². The summed E-state index contributed by atoms with van der Waals surface area (Å²) in [5.41, 5.74) is -0.860. The molecule has 1 aromatic carbocycles. The SMILES string of the molecule is CS(=O)(=O)c1cncc(C(=O)N2[C@@H](C(=O)N[C@@H](c3cc(F)c(Cl)cc3F)C(F)F)CC3C[C@H]32)c1. The number of sulfone groups is 1. The molecule has 1 aliphatic carbocycles. The van der Waals surface area contributed by atoms with Crippen LogP contribution in [-0.4, -0.2) is 54.9 Å². The molecule has 1 N–H and O–H groups in total. The molecule has 2 fully saturated rings. The first kappa shape index (κ1) is 24.4. The normalized spacial score (nSPS) is 22.4. The van der Waals surface area contributed by atoms with E-state index in [1.807, 2.05) is 5.32 Å². The fourth-order valence-electron chi connectivity index (χ4n) is 4.17. The Hall–Kier alpha value is -2.73. The standard InChI is InChI=1S/C21H18ClF4N3O4S/c1-34(32,33)11-2-10(7-27-8-11)21(31)29-16-3-9(16)4-17(29)20(30)28-18(19(25)26)12-5-15(24)13(22)6-14(12)23/h2,5-9,16-19H,3-4H2,1H3,(H,28,30)/t9?,16-,17-,18+/m1/s1. The van der Waals surface area contributed by atoms with Crippen LogP contribution in [0.2, 0.25) is 5.02 Å². The van der Waals surface area contributed by atoms with Gasteiger partial charge in [-0.05, 0) is 37.0 Å². The largest absolute Gasteiger partial charge is 0.342 e. The molecule has 2 heterocycles. The molecule has 2 amide bonds. The molecule has 4 rings (SSSR count). The molecule has 4 atom stereocenters. The van der Waals surface area contributed by atoms with Crippen molar-refractivity contribution < 1.29 is 35.6 Å². The molecule has 1 saturated carbocycles. The number of nitrogens with one attached hydrogen (secondary N) is 1. The molecule has 34 heavy (non-hydrogen) atoms. The van der Waals surface area contributed by atoms with E-state index in [4.69, 9.17) is 11.6 Å². The molecule has 182 valence electrons. The molecule has 7 nitrogen and oxygen atoms in total. The lowest BCUT2D eigenvalue weighted by Crippen LogP contribution is -2.49. The van der Waals surface area contributed by atoms with Crippen LogP contribution in [0, 0.1) is 17.6 Å². The summed E-state index contributed by atoms with van der Waals surface area (Å²) in [5.74, 6) is -4.02. The number of carbonyl (C=O) groups excluding carboxylic acids is 2. The number of amides is 2. The zero-order valence-corrected chi connectivity index (χ0v) is 19.1. The summed E-state index contributed by atoms with van der Waals surface area (Å²) in [6, 6.07) is -1.49. The van der Waals surface area contributed by atoms with Crippen molar-refractivity contribution >= 4 is 33.3 Å². The quantitative estimate of drug-likeness (QED) is 0.467. The second-order valence-corrected chi connectivity index (χ2v) is 10.7. The van der Waals surface area contributed by atoms with Crippen LogP contribution in [0.15, 0.2) is 35.5 Å². The molecule has 0 radical (unpaired) electrons. The van der Waals surface area contributed by atoms with Gasteiger partial charge in [0.05, 0.1) is 15.5 Å². The minimum Gasteiger partial charge on any atom is -0.342 e. The van der Waals surface area contributed by atoms with Gasteiger partial charge < -0.3 is 10.2 Å². The number of rotatable bonds is 6. The van der Waals surface area contributed by atoms with Crippen LogP contribution in [0.1, 0.15) is 34.8 Å². The molecule has 1 aliphatic heterocycles. The number of hydrogen-bond donors (Lipinski definition) is 1. The van der Waals surface area contributed by atoms with Gasteiger partial charge in [-0.2, -0.15) is 0 Å². The van der Waals surface area contributed by atoms with Crippen molar-refractivity contribution in [2.24, 2.45) is 5.92 Å². The van der Waals surface area contributed by atoms with Crippen molar-refractivity contribution in [2.75, 3.05) is 6.26 Å². The Balaban J connectivity index is 1.59. The van der Waals surface area contributed by atoms with Crippen LogP contribution in [0.5, 0.6) is 0 Å². The molecule has 1 aromatic heterocycles. The van der Waals surface area contributed by atoms with E-state index >= 15 is 0 Å². The minimum absolute atomic E-state index is 0.0273. The van der Waals surface area contributed by atoms with Crippen molar-refractivity contribution in [2.45, 2.75) is 42.3 Å². The molecule has 1 saturated heterocycles. The number of likely N-dealkylation sites (tertiary alicyclic amines) is 1. The highest BCUT2D eigenvalue weighted by molar-refractivity contribution is 7.90. The Morgan fingerprint density at radius 1 is 1.15 bits per heavy atom. The Morgan fingerprint density at radius 3 is 2.50 bits per heavy atom. The fraction of sp³-hybridized carbons (Fsp3) is 0.381. The molecule has 0 spiro atoms. The van der Waals surface area contributed by atoms with Gasteiger partial charge in [0.2, 0.25) is 5.91 Å². The summed E-state index contributed by atoms with van der Waals surface area (Å²) >= 11 is 5.48. The zero-order valence-electron chi connectivity index (χ0n) is 17.5. The first-order valence-electron chi connectivity index (χ1n) is 10.1. The third-order valence-electron chi connectivity index (χ3n) is 5.95. The van der Waals surface area contributed by atoms with Gasteiger partial charge in [0.25, 0.3) is 12.3 Å². The number of fused-ring (bicyclic) bond motifs is 1. The lowest BCUT2D eigenvalue weighted by molar-refractivity contribution is -0.127. The smallest absolute Gasteiger partial charge is 0.262 e. The summed E-state index contributed by atoms with van der Waals surface area (Å²) < 4.78 is 79.1. The summed E-state index contributed by atoms with van der Waals surface area (Å²) in [5, 5.41) is 1.43. The predicted octanol–water partition coefficient (Wildman–Crippen LogP) is 3.14. The average molecular weight is 520 g/mol. The summed E-state index contributed by atoms with van der Waals surface area (Å²) in [7, 11) is -3.65. The zero-order chi connectivity index (χ0) is 24.9. The van der Waals surface area contributed by atoms with Crippen LogP contribution in [-0.2, 0) is 14.6 Å². The number of nitrogens with zero attached hydrogens (tertiary/aromatic N) is 2. The van der Waals surface area contributed by atoms with Crippen LogP contribution in [0.25, 0.3) is 0 Å². The third kappa shape index (κ3) is 4.61. The lowest BCUT2D eigenvalue weighted by Gasteiger charge is -2.29. The van der Waals surface area contributed by atoms with Crippen LogP contribution in [0.4, 0.5) is 17.6 Å². The van der Waals surface area contributed by atoms with Crippen molar-refractivity contribution in [1.29, 1.82) is 0 Å². The molecule has 2 aliphatic rings. The molecule has 0 bridgehead atoms. The number of piperidine rings is 1. The number of benzene rings is 1. The highest BCUT2D eigenvalue weighted by atomic mass is 35.5. The fourth-order valence-corrected chi connectivity index (χ4v) is 4.92.